The van der Waals surface area contributed by atoms with E-state index in [1.54, 1.807) is 18.2 Å². The number of hydrogen-bond acceptors (Lipinski definition) is 1. The van der Waals surface area contributed by atoms with Crippen LogP contribution in [0.5, 0.6) is 0 Å². The third-order valence-electron chi connectivity index (χ3n) is 2.77. The highest BCUT2D eigenvalue weighted by Gasteiger charge is 2.14. The molecule has 1 atom stereocenters. The molecule has 0 radical (unpaired) electrons. The molecular weight excluding hydrogens is 382 g/mol. The molecule has 100 valence electrons. The highest BCUT2D eigenvalue weighted by Crippen LogP contribution is 2.28. The van der Waals surface area contributed by atoms with Crippen LogP contribution in [0, 0.1) is 11.6 Å². The predicted molar refractivity (Wildman–Crippen MR) is 76.9 cm³/mol. The van der Waals surface area contributed by atoms with Crippen LogP contribution in [0.3, 0.4) is 0 Å². The first-order valence-electron chi connectivity index (χ1n) is 5.55. The van der Waals surface area contributed by atoms with Crippen LogP contribution >= 0.6 is 31.9 Å². The van der Waals surface area contributed by atoms with E-state index in [1.807, 2.05) is 0 Å². The first kappa shape index (κ1) is 14.6. The zero-order valence-electron chi connectivity index (χ0n) is 9.71. The summed E-state index contributed by atoms with van der Waals surface area (Å²) in [5.74, 6) is -1.81. The molecule has 0 heterocycles. The van der Waals surface area contributed by atoms with Gasteiger partial charge in [-0.05, 0) is 61.2 Å². The van der Waals surface area contributed by atoms with Gasteiger partial charge in [0.1, 0.15) is 0 Å². The molecular formula is C14H10Br2F2O. The Bertz CT molecular complexity index is 602. The number of aliphatic hydroxyl groups is 1. The average Bonchev–Trinajstić information content (AvgIpc) is 2.38. The maximum atomic E-state index is 13.5. The van der Waals surface area contributed by atoms with Crippen molar-refractivity contribution >= 4 is 31.9 Å². The minimum absolute atomic E-state index is 0.0255. The van der Waals surface area contributed by atoms with E-state index < -0.39 is 17.7 Å². The van der Waals surface area contributed by atoms with Crippen molar-refractivity contribution in [1.29, 1.82) is 0 Å². The first-order chi connectivity index (χ1) is 8.99. The van der Waals surface area contributed by atoms with Crippen molar-refractivity contribution in [1.82, 2.24) is 0 Å². The lowest BCUT2D eigenvalue weighted by atomic mass is 10.0. The standard InChI is InChI=1S/C14H10Br2F2O/c15-10-5-4-8(6-11(10)16)13(19)7-9-2-1-3-12(17)14(9)18/h1-6,13,19H,7H2. The molecule has 1 nitrogen and oxygen atoms in total. The van der Waals surface area contributed by atoms with Gasteiger partial charge in [0, 0.05) is 15.4 Å². The lowest BCUT2D eigenvalue weighted by Gasteiger charge is -2.13. The Morgan fingerprint density at radius 1 is 1.05 bits per heavy atom. The third-order valence-corrected chi connectivity index (χ3v) is 4.65. The Balaban J connectivity index is 2.23. The molecule has 1 N–H and O–H groups in total. The van der Waals surface area contributed by atoms with E-state index >= 15 is 0 Å². The van der Waals surface area contributed by atoms with Crippen LogP contribution in [-0.4, -0.2) is 5.11 Å². The molecule has 2 rings (SSSR count). The van der Waals surface area contributed by atoms with Crippen LogP contribution in [0.4, 0.5) is 8.78 Å². The Morgan fingerprint density at radius 3 is 2.47 bits per heavy atom. The zero-order chi connectivity index (χ0) is 14.0. The molecule has 0 aliphatic carbocycles. The molecule has 5 heteroatoms. The summed E-state index contributed by atoms with van der Waals surface area (Å²) in [5, 5.41) is 10.1. The second-order valence-corrected chi connectivity index (χ2v) is 5.82. The maximum Gasteiger partial charge on any atom is 0.162 e. The monoisotopic (exact) mass is 390 g/mol. The summed E-state index contributed by atoms with van der Waals surface area (Å²) in [6.45, 7) is 0. The molecule has 0 fully saturated rings. The molecule has 0 aliphatic heterocycles. The predicted octanol–water partition coefficient (Wildman–Crippen LogP) is 4.77. The van der Waals surface area contributed by atoms with Gasteiger partial charge in [0.15, 0.2) is 11.6 Å². The van der Waals surface area contributed by atoms with Crippen LogP contribution in [0.25, 0.3) is 0 Å². The van der Waals surface area contributed by atoms with Crippen LogP contribution < -0.4 is 0 Å². The Kier molecular flexibility index (Phi) is 4.71. The van der Waals surface area contributed by atoms with E-state index in [1.165, 1.54) is 12.1 Å². The van der Waals surface area contributed by atoms with Gasteiger partial charge in [-0.1, -0.05) is 18.2 Å². The SMILES string of the molecule is OC(Cc1cccc(F)c1F)c1ccc(Br)c(Br)c1. The molecule has 0 saturated heterocycles. The first-order valence-corrected chi connectivity index (χ1v) is 7.13. The minimum Gasteiger partial charge on any atom is -0.388 e. The van der Waals surface area contributed by atoms with Crippen LogP contribution in [0.15, 0.2) is 45.3 Å². The fraction of sp³-hybridized carbons (Fsp3) is 0.143. The van der Waals surface area contributed by atoms with Crippen molar-refractivity contribution < 1.29 is 13.9 Å². The molecule has 0 aromatic heterocycles. The van der Waals surface area contributed by atoms with Gasteiger partial charge in [-0.2, -0.15) is 0 Å². The summed E-state index contributed by atoms with van der Waals surface area (Å²) in [5.41, 5.74) is 0.797. The van der Waals surface area contributed by atoms with Crippen molar-refractivity contribution in [3.05, 3.63) is 68.1 Å². The molecule has 0 aliphatic rings. The van der Waals surface area contributed by atoms with Crippen molar-refractivity contribution in [3.8, 4) is 0 Å². The third kappa shape index (κ3) is 3.41. The van der Waals surface area contributed by atoms with Gasteiger partial charge in [-0.15, -0.1) is 0 Å². The molecule has 0 amide bonds. The molecule has 0 spiro atoms. The summed E-state index contributed by atoms with van der Waals surface area (Å²) in [6, 6.07) is 9.21. The fourth-order valence-electron chi connectivity index (χ4n) is 1.75. The molecule has 0 bridgehead atoms. The number of hydrogen-bond donors (Lipinski definition) is 1. The molecule has 2 aromatic carbocycles. The van der Waals surface area contributed by atoms with E-state index in [0.717, 1.165) is 15.0 Å². The van der Waals surface area contributed by atoms with Crippen molar-refractivity contribution in [2.75, 3.05) is 0 Å². The molecule has 19 heavy (non-hydrogen) atoms. The summed E-state index contributed by atoms with van der Waals surface area (Å²) < 4.78 is 28.3. The molecule has 0 saturated carbocycles. The Labute approximate surface area is 126 Å². The Morgan fingerprint density at radius 2 is 1.79 bits per heavy atom. The van der Waals surface area contributed by atoms with Gasteiger partial charge in [0.2, 0.25) is 0 Å². The molecule has 2 aromatic rings. The van der Waals surface area contributed by atoms with Crippen LogP contribution in [0.1, 0.15) is 17.2 Å². The average molecular weight is 392 g/mol. The van der Waals surface area contributed by atoms with E-state index in [0.29, 0.717) is 5.56 Å². The smallest absolute Gasteiger partial charge is 0.162 e. The van der Waals surface area contributed by atoms with Gasteiger partial charge >= 0.3 is 0 Å². The zero-order valence-corrected chi connectivity index (χ0v) is 12.9. The van der Waals surface area contributed by atoms with Crippen molar-refractivity contribution in [2.24, 2.45) is 0 Å². The normalized spacial score (nSPS) is 12.5. The number of benzene rings is 2. The van der Waals surface area contributed by atoms with Gasteiger partial charge in [0.05, 0.1) is 6.10 Å². The van der Waals surface area contributed by atoms with E-state index in [2.05, 4.69) is 31.9 Å². The van der Waals surface area contributed by atoms with E-state index in [9.17, 15) is 13.9 Å². The molecule has 1 unspecified atom stereocenters. The van der Waals surface area contributed by atoms with Gasteiger partial charge in [0.25, 0.3) is 0 Å². The van der Waals surface area contributed by atoms with Crippen molar-refractivity contribution in [2.45, 2.75) is 12.5 Å². The van der Waals surface area contributed by atoms with E-state index in [-0.39, 0.29) is 12.0 Å². The van der Waals surface area contributed by atoms with Gasteiger partial charge in [-0.3, -0.25) is 0 Å². The highest BCUT2D eigenvalue weighted by molar-refractivity contribution is 9.13. The summed E-state index contributed by atoms with van der Waals surface area (Å²) in [6.07, 6.45) is -0.863. The van der Waals surface area contributed by atoms with Gasteiger partial charge < -0.3 is 5.11 Å². The number of rotatable bonds is 3. The van der Waals surface area contributed by atoms with Gasteiger partial charge in [-0.25, -0.2) is 8.78 Å². The Hall–Kier alpha value is -0.780. The lowest BCUT2D eigenvalue weighted by molar-refractivity contribution is 0.176. The highest BCUT2D eigenvalue weighted by atomic mass is 79.9. The minimum atomic E-state index is -0.905. The summed E-state index contributed by atoms with van der Waals surface area (Å²) in [4.78, 5) is 0. The fourth-order valence-corrected chi connectivity index (χ4v) is 2.40. The maximum absolute atomic E-state index is 13.5. The lowest BCUT2D eigenvalue weighted by Crippen LogP contribution is -2.04. The summed E-state index contributed by atoms with van der Waals surface area (Å²) >= 11 is 6.66. The van der Waals surface area contributed by atoms with Crippen LogP contribution in [-0.2, 0) is 6.42 Å². The topological polar surface area (TPSA) is 20.2 Å². The second-order valence-electron chi connectivity index (χ2n) is 4.11. The largest absolute Gasteiger partial charge is 0.388 e. The quantitative estimate of drug-likeness (QED) is 0.799. The van der Waals surface area contributed by atoms with Crippen molar-refractivity contribution in [3.63, 3.8) is 0 Å². The second kappa shape index (κ2) is 6.11. The number of aliphatic hydroxyl groups excluding tert-OH is 1. The van der Waals surface area contributed by atoms with E-state index in [4.69, 9.17) is 0 Å². The summed E-state index contributed by atoms with van der Waals surface area (Å²) in [7, 11) is 0. The number of halogens is 4. The van der Waals surface area contributed by atoms with Crippen LogP contribution in [0.2, 0.25) is 0 Å².